The predicted molar refractivity (Wildman–Crippen MR) is 124 cm³/mol. The molecule has 0 saturated carbocycles. The van der Waals surface area contributed by atoms with Gasteiger partial charge in [0.25, 0.3) is 0 Å². The van der Waals surface area contributed by atoms with Crippen LogP contribution in [-0.2, 0) is 6.42 Å². The second-order valence-corrected chi connectivity index (χ2v) is 9.67. The highest BCUT2D eigenvalue weighted by Crippen LogP contribution is 2.41. The highest BCUT2D eigenvalue weighted by Gasteiger charge is 2.20. The average molecular weight is 377 g/mol. The van der Waals surface area contributed by atoms with Crippen LogP contribution in [0, 0.1) is 12.3 Å². The SMILES string of the molecule is Cc1cc2c3ccccc3n3c4cc(CC(C)(C)C)cc5ccnc(c(c1)c23)c54. The molecule has 0 aliphatic carbocycles. The molecule has 0 radical (unpaired) electrons. The van der Waals surface area contributed by atoms with Crippen molar-refractivity contribution in [2.24, 2.45) is 5.41 Å². The quantitative estimate of drug-likeness (QED) is 0.218. The van der Waals surface area contributed by atoms with Crippen LogP contribution in [0.1, 0.15) is 31.9 Å². The minimum atomic E-state index is 0.244. The summed E-state index contributed by atoms with van der Waals surface area (Å²) in [6, 6.07) is 20.3. The molecule has 0 aliphatic rings. The lowest BCUT2D eigenvalue weighted by Gasteiger charge is -2.20. The molecule has 0 fully saturated rings. The number of aromatic nitrogens is 2. The first-order valence-electron chi connectivity index (χ1n) is 10.4. The molecule has 29 heavy (non-hydrogen) atoms. The number of nitrogens with zero attached hydrogens (tertiary/aromatic N) is 2. The number of hydrogen-bond donors (Lipinski definition) is 0. The van der Waals surface area contributed by atoms with Gasteiger partial charge in [-0.15, -0.1) is 0 Å². The summed E-state index contributed by atoms with van der Waals surface area (Å²) in [5, 5.41) is 6.43. The summed E-state index contributed by atoms with van der Waals surface area (Å²) in [5.74, 6) is 0. The lowest BCUT2D eigenvalue weighted by Crippen LogP contribution is -2.09. The second kappa shape index (κ2) is 5.48. The van der Waals surface area contributed by atoms with Crippen LogP contribution in [0.5, 0.6) is 0 Å². The number of fused-ring (bicyclic) bond motifs is 5. The number of benzene rings is 3. The highest BCUT2D eigenvalue weighted by molar-refractivity contribution is 6.26. The van der Waals surface area contributed by atoms with E-state index in [4.69, 9.17) is 4.98 Å². The molecule has 0 atom stereocenters. The Balaban J connectivity index is 1.94. The predicted octanol–water partition coefficient (Wildman–Crippen LogP) is 7.28. The van der Waals surface area contributed by atoms with Gasteiger partial charge in [0.2, 0.25) is 0 Å². The maximum absolute atomic E-state index is 4.86. The van der Waals surface area contributed by atoms with Crippen LogP contribution < -0.4 is 0 Å². The van der Waals surface area contributed by atoms with Crippen LogP contribution >= 0.6 is 0 Å². The summed E-state index contributed by atoms with van der Waals surface area (Å²) in [4.78, 5) is 4.86. The molecule has 0 spiro atoms. The fourth-order valence-electron chi connectivity index (χ4n) is 5.12. The molecule has 142 valence electrons. The molecular weight excluding hydrogens is 352 g/mol. The summed E-state index contributed by atoms with van der Waals surface area (Å²) >= 11 is 0. The molecule has 3 heterocycles. The minimum absolute atomic E-state index is 0.244. The van der Waals surface area contributed by atoms with E-state index in [-0.39, 0.29) is 5.41 Å². The van der Waals surface area contributed by atoms with Crippen molar-refractivity contribution in [3.05, 3.63) is 71.9 Å². The van der Waals surface area contributed by atoms with Gasteiger partial charge in [-0.05, 0) is 65.6 Å². The van der Waals surface area contributed by atoms with Crippen molar-refractivity contribution < 1.29 is 0 Å². The Labute approximate surface area is 170 Å². The van der Waals surface area contributed by atoms with Crippen LogP contribution in [-0.4, -0.2) is 9.38 Å². The summed E-state index contributed by atoms with van der Waals surface area (Å²) < 4.78 is 2.47. The topological polar surface area (TPSA) is 17.3 Å². The zero-order chi connectivity index (χ0) is 19.9. The summed E-state index contributed by atoms with van der Waals surface area (Å²) in [6.45, 7) is 9.11. The lowest BCUT2D eigenvalue weighted by atomic mass is 9.87. The largest absolute Gasteiger partial charge is 0.308 e. The van der Waals surface area contributed by atoms with E-state index in [2.05, 4.69) is 86.7 Å². The van der Waals surface area contributed by atoms with Gasteiger partial charge in [0.1, 0.15) is 0 Å². The van der Waals surface area contributed by atoms with Gasteiger partial charge in [-0.3, -0.25) is 4.98 Å². The maximum atomic E-state index is 4.86. The smallest absolute Gasteiger partial charge is 0.0822 e. The Kier molecular flexibility index (Phi) is 3.17. The molecule has 2 heteroatoms. The number of para-hydroxylation sites is 1. The third kappa shape index (κ3) is 2.32. The van der Waals surface area contributed by atoms with E-state index in [1.807, 2.05) is 6.20 Å². The Morgan fingerprint density at radius 2 is 1.66 bits per heavy atom. The van der Waals surface area contributed by atoms with Crippen LogP contribution in [0.2, 0.25) is 0 Å². The first-order valence-corrected chi connectivity index (χ1v) is 10.4. The lowest BCUT2D eigenvalue weighted by molar-refractivity contribution is 0.411. The second-order valence-electron chi connectivity index (χ2n) is 9.67. The number of rotatable bonds is 1. The molecule has 6 rings (SSSR count). The van der Waals surface area contributed by atoms with Crippen molar-refractivity contribution in [3.8, 4) is 0 Å². The van der Waals surface area contributed by atoms with E-state index >= 15 is 0 Å². The van der Waals surface area contributed by atoms with Gasteiger partial charge in [0.15, 0.2) is 0 Å². The van der Waals surface area contributed by atoms with Crippen molar-refractivity contribution in [1.82, 2.24) is 9.38 Å². The standard InChI is InChI=1S/C27H24N2/c1-16-11-20-19-7-5-6-8-22(19)29-23-14-17(15-27(2,3)4)13-18-9-10-28-25(24(18)23)21(12-16)26(20)29/h5-14H,15H2,1-4H3. The normalized spacial score (nSPS) is 13.0. The van der Waals surface area contributed by atoms with Crippen LogP contribution in [0.4, 0.5) is 0 Å². The summed E-state index contributed by atoms with van der Waals surface area (Å²) in [6.07, 6.45) is 3.02. The zero-order valence-electron chi connectivity index (χ0n) is 17.4. The third-order valence-corrected chi connectivity index (χ3v) is 6.05. The fraction of sp³-hybridized carbons (Fsp3) is 0.222. The Morgan fingerprint density at radius 3 is 2.48 bits per heavy atom. The Morgan fingerprint density at radius 1 is 0.862 bits per heavy atom. The van der Waals surface area contributed by atoms with Gasteiger partial charge in [-0.25, -0.2) is 0 Å². The van der Waals surface area contributed by atoms with Crippen LogP contribution in [0.25, 0.3) is 49.0 Å². The zero-order valence-corrected chi connectivity index (χ0v) is 17.4. The Hall–Kier alpha value is -3.13. The van der Waals surface area contributed by atoms with Crippen LogP contribution in [0.15, 0.2) is 60.8 Å². The number of hydrogen-bond acceptors (Lipinski definition) is 1. The molecule has 0 unspecified atom stereocenters. The van der Waals surface area contributed by atoms with E-state index in [1.165, 1.54) is 54.6 Å². The molecule has 6 aromatic rings. The van der Waals surface area contributed by atoms with Crippen molar-refractivity contribution in [3.63, 3.8) is 0 Å². The molecule has 0 amide bonds. The monoisotopic (exact) mass is 376 g/mol. The fourth-order valence-corrected chi connectivity index (χ4v) is 5.12. The molecule has 0 aliphatic heterocycles. The third-order valence-electron chi connectivity index (χ3n) is 6.05. The minimum Gasteiger partial charge on any atom is -0.308 e. The molecule has 0 saturated heterocycles. The van der Waals surface area contributed by atoms with Gasteiger partial charge in [-0.2, -0.15) is 0 Å². The van der Waals surface area contributed by atoms with Crippen LogP contribution in [0.3, 0.4) is 0 Å². The highest BCUT2D eigenvalue weighted by atomic mass is 14.9. The van der Waals surface area contributed by atoms with Crippen molar-refractivity contribution in [2.75, 3.05) is 0 Å². The van der Waals surface area contributed by atoms with E-state index < -0.39 is 0 Å². The van der Waals surface area contributed by atoms with Gasteiger partial charge < -0.3 is 4.40 Å². The van der Waals surface area contributed by atoms with Crippen molar-refractivity contribution >= 4 is 49.0 Å². The first-order chi connectivity index (χ1) is 13.9. The van der Waals surface area contributed by atoms with Gasteiger partial charge in [0, 0.05) is 27.7 Å². The van der Waals surface area contributed by atoms with E-state index in [0.29, 0.717) is 0 Å². The van der Waals surface area contributed by atoms with Gasteiger partial charge in [0.05, 0.1) is 22.1 Å². The van der Waals surface area contributed by atoms with E-state index in [1.54, 1.807) is 0 Å². The molecule has 3 aromatic carbocycles. The van der Waals surface area contributed by atoms with E-state index in [9.17, 15) is 0 Å². The number of aryl methyl sites for hydroxylation is 1. The summed E-state index contributed by atoms with van der Waals surface area (Å²) in [5.41, 5.74) is 7.86. The number of pyridine rings is 2. The molecular formula is C27H24N2. The molecule has 2 nitrogen and oxygen atoms in total. The first kappa shape index (κ1) is 16.8. The van der Waals surface area contributed by atoms with Crippen molar-refractivity contribution in [1.29, 1.82) is 0 Å². The molecule has 0 N–H and O–H groups in total. The Bertz CT molecular complexity index is 1560. The molecule has 3 aromatic heterocycles. The average Bonchev–Trinajstić information content (AvgIpc) is 2.99. The van der Waals surface area contributed by atoms with Gasteiger partial charge in [-0.1, -0.05) is 45.0 Å². The molecule has 0 bridgehead atoms. The summed E-state index contributed by atoms with van der Waals surface area (Å²) in [7, 11) is 0. The maximum Gasteiger partial charge on any atom is 0.0822 e. The van der Waals surface area contributed by atoms with E-state index in [0.717, 1.165) is 11.9 Å². The van der Waals surface area contributed by atoms with Gasteiger partial charge >= 0.3 is 0 Å². The van der Waals surface area contributed by atoms with Crippen molar-refractivity contribution in [2.45, 2.75) is 34.1 Å².